The van der Waals surface area contributed by atoms with Gasteiger partial charge in [0.15, 0.2) is 0 Å². The summed E-state index contributed by atoms with van der Waals surface area (Å²) in [4.78, 5) is 0. The predicted octanol–water partition coefficient (Wildman–Crippen LogP) is -5.03. The van der Waals surface area contributed by atoms with E-state index in [0.717, 1.165) is 6.42 Å². The zero-order valence-electron chi connectivity index (χ0n) is 5.28. The van der Waals surface area contributed by atoms with Crippen molar-refractivity contribution in [2.24, 2.45) is 0 Å². The van der Waals surface area contributed by atoms with Crippen LogP contribution < -0.4 is 24.8 Å². The Morgan fingerprint density at radius 1 is 1.44 bits per heavy atom. The molecule has 0 fully saturated rings. The van der Waals surface area contributed by atoms with Crippen LogP contribution in [0.3, 0.4) is 0 Å². The van der Waals surface area contributed by atoms with Gasteiger partial charge in [-0.15, -0.1) is 0 Å². The van der Waals surface area contributed by atoms with Gasteiger partial charge >= 0.3 is 23.1 Å². The van der Waals surface area contributed by atoms with E-state index in [0.29, 0.717) is 6.42 Å². The first kappa shape index (κ1) is 22.4. The van der Waals surface area contributed by atoms with E-state index in [1.165, 1.54) is 0 Å². The molecule has 0 aliphatic carbocycles. The first-order valence-corrected chi connectivity index (χ1v) is 2.53. The minimum atomic E-state index is -0.630. The van der Waals surface area contributed by atoms with Crippen molar-refractivity contribution in [3.63, 3.8) is 0 Å². The van der Waals surface area contributed by atoms with Crippen molar-refractivity contribution in [3.05, 3.63) is 0 Å². The smallest absolute Gasteiger partial charge is 1.00 e. The third-order valence-corrected chi connectivity index (χ3v) is 0.745. The zero-order chi connectivity index (χ0) is 4.99. The maximum atomic E-state index is 8.32. The van der Waals surface area contributed by atoms with Crippen LogP contribution in [0.1, 0.15) is 19.8 Å². The van der Waals surface area contributed by atoms with E-state index in [-0.39, 0.29) is 47.9 Å². The van der Waals surface area contributed by atoms with Gasteiger partial charge in [0.2, 0.25) is 0 Å². The molecule has 0 aliphatic rings. The van der Waals surface area contributed by atoms with Gasteiger partial charge in [0.1, 0.15) is 5.56 Å². The summed E-state index contributed by atoms with van der Waals surface area (Å²) in [6, 6.07) is 0. The Balaban J connectivity index is -0.0000000417. The summed E-state index contributed by atoms with van der Waals surface area (Å²) < 4.78 is 0. The monoisotopic (exact) mass is 202 g/mol. The Kier molecular flexibility index (Phi) is 40.6. The number of hydrogen-bond donors (Lipinski definition) is 1. The third kappa shape index (κ3) is 26.2. The van der Waals surface area contributed by atoms with Gasteiger partial charge in [-0.2, -0.15) is 0 Å². The topological polar surface area (TPSA) is 20.2 Å². The van der Waals surface area contributed by atoms with Crippen LogP contribution in [0.2, 0.25) is 0 Å². The van der Waals surface area contributed by atoms with E-state index >= 15 is 0 Å². The van der Waals surface area contributed by atoms with Crippen LogP contribution in [0, 0.1) is 0 Å². The molecule has 5 heteroatoms. The minimum Gasteiger partial charge on any atom is -1.00 e. The van der Waals surface area contributed by atoms with E-state index in [2.05, 4.69) is 0 Å². The van der Waals surface area contributed by atoms with E-state index in [1.807, 2.05) is 6.92 Å². The fourth-order valence-corrected chi connectivity index (χ4v) is 0.456. The largest absolute Gasteiger partial charge is 2.00 e. The van der Waals surface area contributed by atoms with Crippen molar-refractivity contribution in [1.82, 2.24) is 0 Å². The molecule has 0 spiro atoms. The fraction of sp³-hybridized carbons (Fsp3) is 1.00. The minimum absolute atomic E-state index is 0. The molecule has 0 radical (unpaired) electrons. The third-order valence-electron chi connectivity index (χ3n) is 0.527. The van der Waals surface area contributed by atoms with Crippen LogP contribution in [0.4, 0.5) is 0 Å². The van der Waals surface area contributed by atoms with Crippen LogP contribution in [-0.4, -0.2) is 33.7 Å². The molecule has 1 unspecified atom stereocenters. The number of hydrogen-bond acceptors (Lipinski definition) is 1. The molecule has 0 aromatic carbocycles. The first-order valence-electron chi connectivity index (χ1n) is 2.09. The van der Waals surface area contributed by atoms with Crippen molar-refractivity contribution < 1.29 is 29.9 Å². The second-order valence-electron chi connectivity index (χ2n) is 1.22. The summed E-state index contributed by atoms with van der Waals surface area (Å²) in [5, 5.41) is 8.32. The van der Waals surface area contributed by atoms with Crippen LogP contribution in [0.5, 0.6) is 0 Å². The molecule has 54 valence electrons. The molecule has 0 rings (SSSR count). The second-order valence-corrected chi connectivity index (χ2v) is 1.73. The molecule has 0 saturated heterocycles. The van der Waals surface area contributed by atoms with Crippen molar-refractivity contribution in [2.75, 3.05) is 0 Å². The van der Waals surface area contributed by atoms with Gasteiger partial charge in [0, 0.05) is 0 Å². The molecule has 1 nitrogen and oxygen atoms in total. The number of alkyl halides is 1. The summed E-state index contributed by atoms with van der Waals surface area (Å²) in [6.07, 6.45) is 1.65. The Morgan fingerprint density at radius 3 is 1.78 bits per heavy atom. The van der Waals surface area contributed by atoms with Crippen LogP contribution >= 0.6 is 11.6 Å². The molecule has 0 heterocycles. The number of halogens is 3. The Morgan fingerprint density at radius 2 is 1.78 bits per heavy atom. The van der Waals surface area contributed by atoms with Gasteiger partial charge in [0.25, 0.3) is 0 Å². The normalized spacial score (nSPS) is 9.67. The van der Waals surface area contributed by atoms with E-state index < -0.39 is 5.56 Å². The average Bonchev–Trinajstić information content (AvgIpc) is 1.35. The predicted molar refractivity (Wildman–Crippen MR) is 32.5 cm³/mol. The van der Waals surface area contributed by atoms with Crippen molar-refractivity contribution in [3.8, 4) is 0 Å². The molecule has 0 aliphatic heterocycles. The van der Waals surface area contributed by atoms with Gasteiger partial charge in [-0.25, -0.2) is 0 Å². The van der Waals surface area contributed by atoms with E-state index in [1.54, 1.807) is 0 Å². The van der Waals surface area contributed by atoms with Gasteiger partial charge in [-0.1, -0.05) is 24.9 Å². The van der Waals surface area contributed by atoms with Gasteiger partial charge in [-0.05, 0) is 6.42 Å². The van der Waals surface area contributed by atoms with Crippen molar-refractivity contribution in [2.45, 2.75) is 25.3 Å². The second kappa shape index (κ2) is 16.3. The number of rotatable bonds is 2. The molecule has 1 N–H and O–H groups in total. The molecule has 0 aromatic rings. The van der Waals surface area contributed by atoms with Gasteiger partial charge in [-0.3, -0.25) is 0 Å². The Hall–Kier alpha value is 1.60. The molecule has 0 amide bonds. The number of aliphatic hydroxyl groups excluding tert-OH is 1. The molecule has 0 aromatic heterocycles. The van der Waals surface area contributed by atoms with Crippen LogP contribution in [0.15, 0.2) is 0 Å². The zero-order valence-corrected chi connectivity index (χ0v) is 8.96. The summed E-state index contributed by atoms with van der Waals surface area (Å²) in [7, 11) is 0. The average molecular weight is 204 g/mol. The molecule has 9 heavy (non-hydrogen) atoms. The SMILES string of the molecule is CCCC(O)Cl.[Cl-].[Cl-].[Mg+2]. The van der Waals surface area contributed by atoms with Crippen LogP contribution in [0.25, 0.3) is 0 Å². The Bertz CT molecular complexity index is 37.0. The molecule has 0 saturated carbocycles. The standard InChI is InChI=1S/C4H9ClO.2ClH.Mg/c1-2-3-4(5)6;;;/h4,6H,2-3H2,1H3;2*1H;/q;;;+2/p-2. The summed E-state index contributed by atoms with van der Waals surface area (Å²) in [5.41, 5.74) is -0.630. The van der Waals surface area contributed by atoms with Gasteiger partial charge in [0.05, 0.1) is 0 Å². The van der Waals surface area contributed by atoms with Crippen LogP contribution in [-0.2, 0) is 0 Å². The maximum Gasteiger partial charge on any atom is 2.00 e. The fourth-order valence-electron chi connectivity index (χ4n) is 0.238. The molecule has 1 atom stereocenters. The van der Waals surface area contributed by atoms with E-state index in [9.17, 15) is 0 Å². The first-order chi connectivity index (χ1) is 2.77. The molecular weight excluding hydrogens is 195 g/mol. The number of aliphatic hydroxyl groups is 1. The maximum absolute atomic E-state index is 8.32. The molecule has 0 bridgehead atoms. The van der Waals surface area contributed by atoms with Crippen molar-refractivity contribution in [1.29, 1.82) is 0 Å². The summed E-state index contributed by atoms with van der Waals surface area (Å²) >= 11 is 5.13. The van der Waals surface area contributed by atoms with Crippen molar-refractivity contribution >= 4 is 34.7 Å². The van der Waals surface area contributed by atoms with E-state index in [4.69, 9.17) is 16.7 Å². The van der Waals surface area contributed by atoms with Gasteiger partial charge < -0.3 is 29.9 Å². The summed E-state index contributed by atoms with van der Waals surface area (Å²) in [5.74, 6) is 0. The summed E-state index contributed by atoms with van der Waals surface area (Å²) in [6.45, 7) is 1.98. The Labute approximate surface area is 89.5 Å². The quantitative estimate of drug-likeness (QED) is 0.352. The molecular formula is C4H9Cl3MgO.